The number of hydrogen-bond acceptors (Lipinski definition) is 7. The van der Waals surface area contributed by atoms with Gasteiger partial charge in [0.15, 0.2) is 0 Å². The van der Waals surface area contributed by atoms with Crippen LogP contribution in [0.1, 0.15) is 45.5 Å². The number of nitrogens with zero attached hydrogens (tertiary/aromatic N) is 3. The molecule has 2 amide bonds. The van der Waals surface area contributed by atoms with E-state index in [4.69, 9.17) is 9.47 Å². The molecule has 9 heteroatoms. The molecule has 1 atom stereocenters. The largest absolute Gasteiger partial charge is 0.494 e. The minimum atomic E-state index is -0.244. The number of carbonyl (C=O) groups excluding carboxylic acids is 2. The Morgan fingerprint density at radius 3 is 2.60 bits per heavy atom. The van der Waals surface area contributed by atoms with E-state index in [1.165, 1.54) is 12.8 Å². The van der Waals surface area contributed by atoms with Crippen molar-refractivity contribution in [3.8, 4) is 5.75 Å². The van der Waals surface area contributed by atoms with Crippen LogP contribution in [0.2, 0.25) is 0 Å². The van der Waals surface area contributed by atoms with Crippen molar-refractivity contribution in [3.05, 3.63) is 77.5 Å². The predicted molar refractivity (Wildman–Crippen MR) is 157 cm³/mol. The fourth-order valence-electron chi connectivity index (χ4n) is 5.14. The van der Waals surface area contributed by atoms with E-state index in [9.17, 15) is 9.59 Å². The SMILES string of the molecule is Cc1ccc(NC(=O)c2ccnc(N3CCOCC3)c2)cc1NC(=O)c1cccc(OCCC2CCCN2C)c1. The molecular weight excluding hydrogens is 506 g/mol. The number of ether oxygens (including phenoxy) is 2. The highest BCUT2D eigenvalue weighted by Gasteiger charge is 2.20. The lowest BCUT2D eigenvalue weighted by atomic mass is 10.1. The van der Waals surface area contributed by atoms with Crippen molar-refractivity contribution in [1.82, 2.24) is 9.88 Å². The number of benzene rings is 2. The fourth-order valence-corrected chi connectivity index (χ4v) is 5.14. The Kier molecular flexibility index (Phi) is 8.93. The van der Waals surface area contributed by atoms with E-state index < -0.39 is 0 Å². The van der Waals surface area contributed by atoms with Gasteiger partial charge in [0.1, 0.15) is 11.6 Å². The molecule has 1 aromatic heterocycles. The van der Waals surface area contributed by atoms with Crippen LogP contribution < -0.4 is 20.3 Å². The summed E-state index contributed by atoms with van der Waals surface area (Å²) < 4.78 is 11.4. The summed E-state index contributed by atoms with van der Waals surface area (Å²) in [5.41, 5.74) is 3.13. The Morgan fingerprint density at radius 2 is 1.80 bits per heavy atom. The van der Waals surface area contributed by atoms with Crippen molar-refractivity contribution in [2.24, 2.45) is 0 Å². The van der Waals surface area contributed by atoms with Crippen LogP contribution in [-0.4, -0.2) is 74.2 Å². The summed E-state index contributed by atoms with van der Waals surface area (Å²) in [5, 5.41) is 5.93. The fraction of sp³-hybridized carbons (Fsp3) is 0.387. The molecule has 1 unspecified atom stereocenters. The molecule has 5 rings (SSSR count). The van der Waals surface area contributed by atoms with Gasteiger partial charge in [0.25, 0.3) is 11.8 Å². The first-order valence-electron chi connectivity index (χ1n) is 13.9. The van der Waals surface area contributed by atoms with Gasteiger partial charge in [-0.15, -0.1) is 0 Å². The summed E-state index contributed by atoms with van der Waals surface area (Å²) in [7, 11) is 2.16. The Morgan fingerprint density at radius 1 is 1.00 bits per heavy atom. The van der Waals surface area contributed by atoms with Crippen molar-refractivity contribution < 1.29 is 19.1 Å². The number of amides is 2. The number of nitrogens with one attached hydrogen (secondary N) is 2. The molecule has 2 aliphatic heterocycles. The average Bonchev–Trinajstić information content (AvgIpc) is 3.39. The zero-order valence-electron chi connectivity index (χ0n) is 23.2. The number of hydrogen-bond donors (Lipinski definition) is 2. The van der Waals surface area contributed by atoms with Crippen LogP contribution in [-0.2, 0) is 4.74 Å². The first-order chi connectivity index (χ1) is 19.5. The summed E-state index contributed by atoms with van der Waals surface area (Å²) in [6, 6.07) is 16.7. The zero-order chi connectivity index (χ0) is 27.9. The van der Waals surface area contributed by atoms with Crippen molar-refractivity contribution in [2.75, 3.05) is 62.0 Å². The van der Waals surface area contributed by atoms with E-state index in [2.05, 4.69) is 32.5 Å². The molecule has 40 heavy (non-hydrogen) atoms. The maximum Gasteiger partial charge on any atom is 0.255 e. The topological polar surface area (TPSA) is 96.0 Å². The number of aryl methyl sites for hydroxylation is 1. The van der Waals surface area contributed by atoms with Crippen molar-refractivity contribution in [3.63, 3.8) is 0 Å². The normalized spacial score (nSPS) is 17.4. The molecule has 2 aliphatic rings. The van der Waals surface area contributed by atoms with Crippen LogP contribution >= 0.6 is 0 Å². The number of aromatic nitrogens is 1. The highest BCUT2D eigenvalue weighted by molar-refractivity contribution is 6.07. The van der Waals surface area contributed by atoms with Gasteiger partial charge in [-0.25, -0.2) is 4.98 Å². The molecule has 0 bridgehead atoms. The molecule has 2 saturated heterocycles. The summed E-state index contributed by atoms with van der Waals surface area (Å²) >= 11 is 0. The molecule has 2 aromatic carbocycles. The minimum absolute atomic E-state index is 0.239. The van der Waals surface area contributed by atoms with Crippen molar-refractivity contribution >= 4 is 29.0 Å². The van der Waals surface area contributed by atoms with Gasteiger partial charge in [0.2, 0.25) is 0 Å². The van der Waals surface area contributed by atoms with Gasteiger partial charge in [0.05, 0.1) is 19.8 Å². The molecule has 2 N–H and O–H groups in total. The molecule has 0 aliphatic carbocycles. The van der Waals surface area contributed by atoms with E-state index in [1.54, 1.807) is 36.5 Å². The highest BCUT2D eigenvalue weighted by Crippen LogP contribution is 2.24. The first-order valence-corrected chi connectivity index (χ1v) is 13.9. The van der Waals surface area contributed by atoms with Gasteiger partial charge in [0, 0.05) is 47.8 Å². The van der Waals surface area contributed by atoms with Crippen LogP contribution in [0, 0.1) is 6.92 Å². The smallest absolute Gasteiger partial charge is 0.255 e. The van der Waals surface area contributed by atoms with E-state index in [1.807, 2.05) is 31.2 Å². The molecular formula is C31H37N5O4. The summed E-state index contributed by atoms with van der Waals surface area (Å²) in [6.45, 7) is 6.45. The Labute approximate surface area is 235 Å². The molecule has 3 heterocycles. The van der Waals surface area contributed by atoms with E-state index in [0.717, 1.165) is 37.4 Å². The van der Waals surface area contributed by atoms with Crippen molar-refractivity contribution in [2.45, 2.75) is 32.2 Å². The van der Waals surface area contributed by atoms with Crippen LogP contribution in [0.4, 0.5) is 17.2 Å². The maximum absolute atomic E-state index is 13.1. The Bertz CT molecular complexity index is 1340. The number of rotatable bonds is 9. The lowest BCUT2D eigenvalue weighted by Crippen LogP contribution is -2.36. The predicted octanol–water partition coefficient (Wildman–Crippen LogP) is 4.59. The number of pyridine rings is 1. The number of anilines is 3. The number of morpholine rings is 1. The van der Waals surface area contributed by atoms with E-state index in [-0.39, 0.29) is 11.8 Å². The van der Waals surface area contributed by atoms with E-state index in [0.29, 0.717) is 54.1 Å². The molecule has 0 radical (unpaired) electrons. The van der Waals surface area contributed by atoms with Gasteiger partial charge >= 0.3 is 0 Å². The van der Waals surface area contributed by atoms with E-state index >= 15 is 0 Å². The highest BCUT2D eigenvalue weighted by atomic mass is 16.5. The number of carbonyl (C=O) groups is 2. The second-order valence-corrected chi connectivity index (χ2v) is 10.4. The third-order valence-electron chi connectivity index (χ3n) is 7.57. The third kappa shape index (κ3) is 6.97. The van der Waals surface area contributed by atoms with Crippen LogP contribution in [0.25, 0.3) is 0 Å². The maximum atomic E-state index is 13.1. The van der Waals surface area contributed by atoms with Crippen LogP contribution in [0.15, 0.2) is 60.8 Å². The summed E-state index contributed by atoms with van der Waals surface area (Å²) in [6.07, 6.45) is 5.06. The minimum Gasteiger partial charge on any atom is -0.494 e. The first kappa shape index (κ1) is 27.6. The second-order valence-electron chi connectivity index (χ2n) is 10.4. The van der Waals surface area contributed by atoms with Crippen LogP contribution in [0.3, 0.4) is 0 Å². The number of likely N-dealkylation sites (tertiary alicyclic amines) is 1. The van der Waals surface area contributed by atoms with Crippen LogP contribution in [0.5, 0.6) is 5.75 Å². The summed E-state index contributed by atoms with van der Waals surface area (Å²) in [4.78, 5) is 35.0. The molecule has 0 spiro atoms. The monoisotopic (exact) mass is 543 g/mol. The Hall–Kier alpha value is -3.95. The second kappa shape index (κ2) is 12.9. The van der Waals surface area contributed by atoms with Gasteiger partial charge in [-0.3, -0.25) is 9.59 Å². The van der Waals surface area contributed by atoms with Gasteiger partial charge in [-0.1, -0.05) is 12.1 Å². The lowest BCUT2D eigenvalue weighted by Gasteiger charge is -2.27. The molecule has 210 valence electrons. The Balaban J connectivity index is 1.20. The molecule has 9 nitrogen and oxygen atoms in total. The molecule has 2 fully saturated rings. The molecule has 3 aromatic rings. The zero-order valence-corrected chi connectivity index (χ0v) is 23.2. The standard InChI is InChI=1S/C31H37N5O4/c1-22-8-9-25(33-30(37)24-10-12-32-29(20-24)36-14-17-39-18-15-36)21-28(22)34-31(38)23-5-3-7-27(19-23)40-16-11-26-6-4-13-35(26)2/h3,5,7-10,12,19-21,26H,4,6,11,13-18H2,1-2H3,(H,33,37)(H,34,38). The van der Waals surface area contributed by atoms with Gasteiger partial charge < -0.3 is 29.9 Å². The van der Waals surface area contributed by atoms with Gasteiger partial charge in [-0.05, 0) is 87.8 Å². The van der Waals surface area contributed by atoms with Gasteiger partial charge in [-0.2, -0.15) is 0 Å². The quantitative estimate of drug-likeness (QED) is 0.407. The third-order valence-corrected chi connectivity index (χ3v) is 7.57. The average molecular weight is 544 g/mol. The lowest BCUT2D eigenvalue weighted by molar-refractivity contribution is 0.101. The summed E-state index contributed by atoms with van der Waals surface area (Å²) in [5.74, 6) is 0.952. The van der Waals surface area contributed by atoms with Crippen molar-refractivity contribution in [1.29, 1.82) is 0 Å². The molecule has 0 saturated carbocycles.